The van der Waals surface area contributed by atoms with Crippen molar-refractivity contribution in [2.75, 3.05) is 0 Å². The second kappa shape index (κ2) is 10.6. The molecule has 0 amide bonds. The average Bonchev–Trinajstić information content (AvgIpc) is 3.24. The quantitative estimate of drug-likeness (QED) is 0.201. The zero-order chi connectivity index (χ0) is 29.9. The fourth-order valence-electron chi connectivity index (χ4n) is 7.14. The summed E-state index contributed by atoms with van der Waals surface area (Å²) in [5, 5.41) is 2.67. The minimum Gasteiger partial charge on any atom is -0.309 e. The highest BCUT2D eigenvalue weighted by atomic mass is 15.0. The molecule has 6 aromatic rings. The summed E-state index contributed by atoms with van der Waals surface area (Å²) in [5.74, 6) is 0. The largest absolute Gasteiger partial charge is 0.309 e. The summed E-state index contributed by atoms with van der Waals surface area (Å²) >= 11 is 0. The molecule has 0 aliphatic heterocycles. The summed E-state index contributed by atoms with van der Waals surface area (Å²) in [7, 11) is 0. The molecule has 0 spiro atoms. The third kappa shape index (κ3) is 4.96. The van der Waals surface area contributed by atoms with Gasteiger partial charge in [0.05, 0.1) is 11.0 Å². The van der Waals surface area contributed by atoms with Crippen molar-refractivity contribution >= 4 is 21.8 Å². The van der Waals surface area contributed by atoms with Gasteiger partial charge in [0.25, 0.3) is 0 Å². The molecule has 0 N–H and O–H groups in total. The Morgan fingerprint density at radius 3 is 1.19 bits per heavy atom. The van der Waals surface area contributed by atoms with Gasteiger partial charge in [-0.25, -0.2) is 0 Å². The van der Waals surface area contributed by atoms with Gasteiger partial charge in [0.1, 0.15) is 0 Å². The van der Waals surface area contributed by atoms with Gasteiger partial charge in [0, 0.05) is 16.5 Å². The van der Waals surface area contributed by atoms with E-state index in [1.807, 2.05) is 0 Å². The smallest absolute Gasteiger partial charge is 0.0541 e. The second-order valence-corrected chi connectivity index (χ2v) is 12.9. The number of rotatable bonds is 5. The SMILES string of the molecule is Cc1cc(C)c(Cc2ccc3c(c2)c2cc(Cc4c(C)cc(C)cc4C)ccc2n3-c2cc(C)c(C)c(C)c2)c(C)c1. The van der Waals surface area contributed by atoms with Gasteiger partial charge in [-0.05, 0) is 173 Å². The molecular formula is C41H43N. The zero-order valence-corrected chi connectivity index (χ0v) is 26.8. The second-order valence-electron chi connectivity index (χ2n) is 12.9. The van der Waals surface area contributed by atoms with E-state index in [2.05, 4.69) is 140 Å². The molecule has 0 bridgehead atoms. The van der Waals surface area contributed by atoms with Crippen LogP contribution in [0.25, 0.3) is 27.5 Å². The van der Waals surface area contributed by atoms with E-state index < -0.39 is 0 Å². The molecule has 5 aromatic carbocycles. The lowest BCUT2D eigenvalue weighted by molar-refractivity contribution is 1.11. The standard InChI is InChI=1S/C41H43N/c1-24-14-28(5)36(29(6)15-24)20-33-10-12-40-38(22-33)39-23-34(21-37-30(7)16-25(2)17-31(37)8)11-13-41(39)42(40)35-18-26(3)32(9)27(4)19-35/h10-19,22-23H,20-21H2,1-9H3. The van der Waals surface area contributed by atoms with Crippen LogP contribution in [0, 0.1) is 62.3 Å². The van der Waals surface area contributed by atoms with Gasteiger partial charge in [-0.2, -0.15) is 0 Å². The van der Waals surface area contributed by atoms with Crippen molar-refractivity contribution in [2.24, 2.45) is 0 Å². The molecule has 212 valence electrons. The van der Waals surface area contributed by atoms with Crippen molar-refractivity contribution in [1.82, 2.24) is 4.57 Å². The molecular weight excluding hydrogens is 506 g/mol. The number of nitrogens with zero attached hydrogens (tertiary/aromatic N) is 1. The summed E-state index contributed by atoms with van der Waals surface area (Å²) in [6.07, 6.45) is 1.90. The number of hydrogen-bond donors (Lipinski definition) is 0. The summed E-state index contributed by atoms with van der Waals surface area (Å²) in [5.41, 5.74) is 21.6. The molecule has 1 heterocycles. The maximum absolute atomic E-state index is 2.47. The van der Waals surface area contributed by atoms with E-state index in [1.165, 1.54) is 99.8 Å². The fraction of sp³-hybridized carbons (Fsp3) is 0.268. The first kappa shape index (κ1) is 28.0. The molecule has 6 rings (SSSR count). The Kier molecular flexibility index (Phi) is 7.09. The lowest BCUT2D eigenvalue weighted by atomic mass is 9.93. The highest BCUT2D eigenvalue weighted by Crippen LogP contribution is 2.36. The molecule has 0 fully saturated rings. The third-order valence-corrected chi connectivity index (χ3v) is 9.51. The molecule has 1 nitrogen and oxygen atoms in total. The van der Waals surface area contributed by atoms with Crippen LogP contribution in [-0.4, -0.2) is 4.57 Å². The lowest BCUT2D eigenvalue weighted by Gasteiger charge is -2.14. The van der Waals surface area contributed by atoms with Gasteiger partial charge in [-0.15, -0.1) is 0 Å². The predicted octanol–water partition coefficient (Wildman–Crippen LogP) is 10.7. The first-order chi connectivity index (χ1) is 20.0. The van der Waals surface area contributed by atoms with E-state index in [4.69, 9.17) is 0 Å². The van der Waals surface area contributed by atoms with Crippen molar-refractivity contribution in [3.05, 3.63) is 145 Å². The van der Waals surface area contributed by atoms with Crippen LogP contribution in [0.1, 0.15) is 72.3 Å². The highest BCUT2D eigenvalue weighted by molar-refractivity contribution is 6.09. The number of fused-ring (bicyclic) bond motifs is 3. The molecule has 1 heteroatoms. The Bertz CT molecular complexity index is 1830. The van der Waals surface area contributed by atoms with E-state index in [0.717, 1.165) is 12.8 Å². The summed E-state index contributed by atoms with van der Waals surface area (Å²) in [4.78, 5) is 0. The van der Waals surface area contributed by atoms with Crippen LogP contribution in [-0.2, 0) is 12.8 Å². The van der Waals surface area contributed by atoms with Crippen LogP contribution in [0.4, 0.5) is 0 Å². The molecule has 0 saturated heterocycles. The minimum atomic E-state index is 0.949. The molecule has 0 radical (unpaired) electrons. The maximum atomic E-state index is 2.47. The van der Waals surface area contributed by atoms with Crippen LogP contribution >= 0.6 is 0 Å². The molecule has 0 unspecified atom stereocenters. The monoisotopic (exact) mass is 549 g/mol. The number of benzene rings is 5. The van der Waals surface area contributed by atoms with Crippen LogP contribution in [0.15, 0.2) is 72.8 Å². The molecule has 42 heavy (non-hydrogen) atoms. The van der Waals surface area contributed by atoms with Crippen molar-refractivity contribution in [3.8, 4) is 5.69 Å². The number of aromatic nitrogens is 1. The predicted molar refractivity (Wildman–Crippen MR) is 182 cm³/mol. The van der Waals surface area contributed by atoms with Crippen LogP contribution in [0.2, 0.25) is 0 Å². The Labute approximate surface area is 251 Å². The molecule has 0 aliphatic rings. The van der Waals surface area contributed by atoms with Gasteiger partial charge in [-0.1, -0.05) is 47.5 Å². The van der Waals surface area contributed by atoms with E-state index in [1.54, 1.807) is 0 Å². The third-order valence-electron chi connectivity index (χ3n) is 9.51. The molecule has 0 atom stereocenters. The van der Waals surface area contributed by atoms with E-state index >= 15 is 0 Å². The summed E-state index contributed by atoms with van der Waals surface area (Å²) in [6, 6.07) is 28.2. The summed E-state index contributed by atoms with van der Waals surface area (Å²) < 4.78 is 2.47. The van der Waals surface area contributed by atoms with E-state index in [-0.39, 0.29) is 0 Å². The average molecular weight is 550 g/mol. The van der Waals surface area contributed by atoms with Crippen LogP contribution in [0.5, 0.6) is 0 Å². The fourth-order valence-corrected chi connectivity index (χ4v) is 7.14. The minimum absolute atomic E-state index is 0.949. The number of aryl methyl sites for hydroxylation is 8. The van der Waals surface area contributed by atoms with Gasteiger partial charge >= 0.3 is 0 Å². The molecule has 0 saturated carbocycles. The Balaban J connectivity index is 1.55. The van der Waals surface area contributed by atoms with Gasteiger partial charge < -0.3 is 4.57 Å². The van der Waals surface area contributed by atoms with Crippen molar-refractivity contribution < 1.29 is 0 Å². The lowest BCUT2D eigenvalue weighted by Crippen LogP contribution is -1.99. The zero-order valence-electron chi connectivity index (χ0n) is 26.8. The highest BCUT2D eigenvalue weighted by Gasteiger charge is 2.16. The number of hydrogen-bond acceptors (Lipinski definition) is 0. The van der Waals surface area contributed by atoms with Gasteiger partial charge in [0.2, 0.25) is 0 Å². The van der Waals surface area contributed by atoms with Gasteiger partial charge in [-0.3, -0.25) is 0 Å². The van der Waals surface area contributed by atoms with Crippen molar-refractivity contribution in [1.29, 1.82) is 0 Å². The molecule has 1 aromatic heterocycles. The Morgan fingerprint density at radius 2 is 0.810 bits per heavy atom. The van der Waals surface area contributed by atoms with E-state index in [9.17, 15) is 0 Å². The Hall–Kier alpha value is -4.10. The van der Waals surface area contributed by atoms with Crippen LogP contribution < -0.4 is 0 Å². The Morgan fingerprint density at radius 1 is 0.429 bits per heavy atom. The maximum Gasteiger partial charge on any atom is 0.0541 e. The van der Waals surface area contributed by atoms with Crippen LogP contribution in [0.3, 0.4) is 0 Å². The topological polar surface area (TPSA) is 4.93 Å². The van der Waals surface area contributed by atoms with E-state index in [0.29, 0.717) is 0 Å². The van der Waals surface area contributed by atoms with Crippen molar-refractivity contribution in [3.63, 3.8) is 0 Å². The summed E-state index contributed by atoms with van der Waals surface area (Å²) in [6.45, 7) is 20.1. The molecule has 0 aliphatic carbocycles. The first-order valence-corrected chi connectivity index (χ1v) is 15.3. The van der Waals surface area contributed by atoms with Crippen molar-refractivity contribution in [2.45, 2.75) is 75.2 Å². The van der Waals surface area contributed by atoms with Gasteiger partial charge in [0.15, 0.2) is 0 Å². The normalized spacial score (nSPS) is 11.6. The first-order valence-electron chi connectivity index (χ1n) is 15.3.